The number of alkyl halides is 2. The molecule has 1 fully saturated rings. The Morgan fingerprint density at radius 3 is 1.64 bits per heavy atom. The average molecular weight is 426 g/mol. The Morgan fingerprint density at radius 2 is 1.43 bits per heavy atom. The van der Waals surface area contributed by atoms with Crippen LogP contribution in [0.3, 0.4) is 0 Å². The first kappa shape index (κ1) is 13.4. The van der Waals surface area contributed by atoms with Crippen molar-refractivity contribution >= 4 is 45.2 Å². The minimum Gasteiger partial charge on any atom is -0.328 e. The van der Waals surface area contributed by atoms with Gasteiger partial charge in [-0.15, -0.1) is 0 Å². The summed E-state index contributed by atoms with van der Waals surface area (Å²) in [5, 5.41) is 0. The summed E-state index contributed by atoms with van der Waals surface area (Å²) in [4.78, 5) is 0. The summed E-state index contributed by atoms with van der Waals surface area (Å²) >= 11 is 4.39. The quantitative estimate of drug-likeness (QED) is 0.528. The molecule has 0 aromatic heterocycles. The number of nitrogens with two attached hydrogens (primary N) is 2. The molecule has 0 aromatic carbocycles. The minimum absolute atomic E-state index is 0.392. The van der Waals surface area contributed by atoms with Gasteiger partial charge in [0.05, 0.1) is 0 Å². The molecule has 0 spiro atoms. The SMILES string of the molecule is CCC1(C)O[C@@](I)(CN)[C@](I)(CN)O1. The monoisotopic (exact) mass is 426 g/mol. The second kappa shape index (κ2) is 4.28. The molecule has 0 unspecified atom stereocenters. The number of ether oxygens (including phenoxy) is 2. The van der Waals surface area contributed by atoms with Crippen molar-refractivity contribution < 1.29 is 9.47 Å². The van der Waals surface area contributed by atoms with Crippen molar-refractivity contribution in [3.8, 4) is 0 Å². The summed E-state index contributed by atoms with van der Waals surface area (Å²) in [5.74, 6) is -0.568. The Bertz CT molecular complexity index is 211. The van der Waals surface area contributed by atoms with Crippen LogP contribution in [0.1, 0.15) is 20.3 Å². The van der Waals surface area contributed by atoms with Crippen LogP contribution in [0.5, 0.6) is 0 Å². The molecular formula is C8H16I2N2O2. The van der Waals surface area contributed by atoms with Crippen molar-refractivity contribution in [2.45, 2.75) is 33.3 Å². The lowest BCUT2D eigenvalue weighted by Gasteiger charge is -2.31. The van der Waals surface area contributed by atoms with Crippen LogP contribution in [0.25, 0.3) is 0 Å². The predicted octanol–water partition coefficient (Wildman–Crippen LogP) is 1.34. The molecule has 1 aliphatic heterocycles. The highest BCUT2D eigenvalue weighted by molar-refractivity contribution is 14.1. The fourth-order valence-electron chi connectivity index (χ4n) is 1.39. The van der Waals surface area contributed by atoms with Crippen molar-refractivity contribution in [2.75, 3.05) is 13.1 Å². The predicted molar refractivity (Wildman–Crippen MR) is 72.5 cm³/mol. The molecule has 1 rings (SSSR count). The Morgan fingerprint density at radius 1 is 1.07 bits per heavy atom. The van der Waals surface area contributed by atoms with Gasteiger partial charge < -0.3 is 20.9 Å². The molecule has 14 heavy (non-hydrogen) atoms. The zero-order chi connectivity index (χ0) is 11.0. The van der Waals surface area contributed by atoms with Crippen LogP contribution in [0.4, 0.5) is 0 Å². The zero-order valence-electron chi connectivity index (χ0n) is 8.35. The molecule has 6 heteroatoms. The third-order valence-electron chi connectivity index (χ3n) is 2.48. The highest BCUT2D eigenvalue weighted by atomic mass is 127. The first-order chi connectivity index (χ1) is 6.35. The van der Waals surface area contributed by atoms with Gasteiger partial charge >= 0.3 is 0 Å². The highest BCUT2D eigenvalue weighted by Crippen LogP contribution is 2.52. The maximum absolute atomic E-state index is 5.89. The van der Waals surface area contributed by atoms with Crippen LogP contribution >= 0.6 is 45.2 Å². The molecule has 0 bridgehead atoms. The molecule has 2 atom stereocenters. The van der Waals surface area contributed by atoms with Gasteiger partial charge in [0.15, 0.2) is 13.0 Å². The third-order valence-corrected chi connectivity index (χ3v) is 6.58. The molecule has 1 aliphatic rings. The van der Waals surface area contributed by atoms with Gasteiger partial charge in [-0.05, 0) is 58.5 Å². The maximum Gasteiger partial charge on any atom is 0.173 e. The average Bonchev–Trinajstić information content (AvgIpc) is 2.37. The van der Waals surface area contributed by atoms with Crippen molar-refractivity contribution in [3.05, 3.63) is 0 Å². The highest BCUT2D eigenvalue weighted by Gasteiger charge is 2.61. The van der Waals surface area contributed by atoms with Crippen LogP contribution < -0.4 is 11.5 Å². The van der Waals surface area contributed by atoms with Crippen LogP contribution in [0.2, 0.25) is 0 Å². The lowest BCUT2D eigenvalue weighted by atomic mass is 10.2. The molecular weight excluding hydrogens is 410 g/mol. The van der Waals surface area contributed by atoms with Gasteiger partial charge in [0.2, 0.25) is 0 Å². The lowest BCUT2D eigenvalue weighted by Crippen LogP contribution is -2.51. The van der Waals surface area contributed by atoms with Crippen molar-refractivity contribution in [1.29, 1.82) is 0 Å². The van der Waals surface area contributed by atoms with Gasteiger partial charge in [0.1, 0.15) is 0 Å². The first-order valence-corrected chi connectivity index (χ1v) is 6.69. The van der Waals surface area contributed by atoms with Crippen LogP contribution in [0.15, 0.2) is 0 Å². The summed E-state index contributed by atoms with van der Waals surface area (Å²) in [5.41, 5.74) is 11.4. The van der Waals surface area contributed by atoms with E-state index in [2.05, 4.69) is 45.2 Å². The summed E-state index contributed by atoms with van der Waals surface area (Å²) in [6.07, 6.45) is 0.780. The van der Waals surface area contributed by atoms with Gasteiger partial charge in [-0.2, -0.15) is 0 Å². The topological polar surface area (TPSA) is 70.5 Å². The second-order valence-electron chi connectivity index (χ2n) is 3.56. The number of hydrogen-bond acceptors (Lipinski definition) is 4. The van der Waals surface area contributed by atoms with E-state index >= 15 is 0 Å². The molecule has 0 aliphatic carbocycles. The van der Waals surface area contributed by atoms with E-state index in [0.717, 1.165) is 6.42 Å². The van der Waals surface area contributed by atoms with Gasteiger partial charge in [0, 0.05) is 13.1 Å². The lowest BCUT2D eigenvalue weighted by molar-refractivity contribution is -0.164. The van der Waals surface area contributed by atoms with E-state index in [-0.39, 0.29) is 0 Å². The molecule has 0 aromatic rings. The number of hydrogen-bond donors (Lipinski definition) is 2. The smallest absolute Gasteiger partial charge is 0.173 e. The Kier molecular flexibility index (Phi) is 4.09. The van der Waals surface area contributed by atoms with Crippen LogP contribution in [0, 0.1) is 0 Å². The second-order valence-corrected chi connectivity index (χ2v) is 7.04. The third kappa shape index (κ3) is 2.05. The van der Waals surface area contributed by atoms with E-state index in [1.807, 2.05) is 13.8 Å². The summed E-state index contributed by atoms with van der Waals surface area (Å²) in [6.45, 7) is 4.73. The van der Waals surface area contributed by atoms with E-state index in [9.17, 15) is 0 Å². The maximum atomic E-state index is 5.89. The van der Waals surface area contributed by atoms with Crippen LogP contribution in [-0.4, -0.2) is 26.1 Å². The molecule has 0 amide bonds. The van der Waals surface area contributed by atoms with Gasteiger partial charge in [-0.3, -0.25) is 0 Å². The zero-order valence-corrected chi connectivity index (χ0v) is 12.7. The van der Waals surface area contributed by atoms with Crippen molar-refractivity contribution in [2.24, 2.45) is 11.5 Å². The molecule has 0 radical (unpaired) electrons. The molecule has 4 nitrogen and oxygen atoms in total. The van der Waals surface area contributed by atoms with E-state index in [4.69, 9.17) is 20.9 Å². The fourth-order valence-corrected chi connectivity index (χ4v) is 2.98. The largest absolute Gasteiger partial charge is 0.328 e. The number of rotatable bonds is 3. The van der Waals surface area contributed by atoms with E-state index in [0.29, 0.717) is 13.1 Å². The van der Waals surface area contributed by atoms with E-state index in [1.165, 1.54) is 0 Å². The fraction of sp³-hybridized carbons (Fsp3) is 1.00. The van der Waals surface area contributed by atoms with Gasteiger partial charge in [-0.1, -0.05) is 6.92 Å². The Hall–Kier alpha value is 1.30. The van der Waals surface area contributed by atoms with E-state index in [1.54, 1.807) is 0 Å². The molecule has 84 valence electrons. The Labute approximate surface area is 112 Å². The molecule has 1 heterocycles. The van der Waals surface area contributed by atoms with Crippen molar-refractivity contribution in [1.82, 2.24) is 0 Å². The summed E-state index contributed by atoms with van der Waals surface area (Å²) in [6, 6.07) is 0. The standard InChI is InChI=1S/C8H16I2N2O2/c1-3-6(2)13-7(9,4-11)8(10,5-12)14-6/h3-5,11-12H2,1-2H3/t7-,8-/m0/s1. The van der Waals surface area contributed by atoms with Crippen molar-refractivity contribution in [3.63, 3.8) is 0 Å². The van der Waals surface area contributed by atoms with Gasteiger partial charge in [-0.25, -0.2) is 0 Å². The first-order valence-electron chi connectivity index (χ1n) is 4.53. The molecule has 4 N–H and O–H groups in total. The molecule has 1 saturated heterocycles. The normalized spacial score (nSPS) is 41.6. The summed E-state index contributed by atoms with van der Waals surface area (Å²) in [7, 11) is 0. The Balaban J connectivity index is 2.97. The van der Waals surface area contributed by atoms with E-state index < -0.39 is 13.0 Å². The van der Waals surface area contributed by atoms with Gasteiger partial charge in [0.25, 0.3) is 0 Å². The number of halogens is 2. The molecule has 0 saturated carbocycles. The minimum atomic E-state index is -0.568. The summed E-state index contributed by atoms with van der Waals surface area (Å²) < 4.78 is 10.7. The van der Waals surface area contributed by atoms with Crippen LogP contribution in [-0.2, 0) is 9.47 Å².